The largest absolute Gasteiger partial charge is 0.368 e. The number of aryl methyl sites for hydroxylation is 1. The van der Waals surface area contributed by atoms with Crippen LogP contribution in [-0.2, 0) is 9.59 Å². The molecule has 2 amide bonds. The van der Waals surface area contributed by atoms with Crippen molar-refractivity contribution in [2.75, 3.05) is 5.75 Å². The van der Waals surface area contributed by atoms with E-state index in [0.29, 0.717) is 0 Å². The topological polar surface area (TPSA) is 90.0 Å². The van der Waals surface area contributed by atoms with Gasteiger partial charge in [-0.05, 0) is 37.0 Å². The van der Waals surface area contributed by atoms with Crippen molar-refractivity contribution >= 4 is 23.6 Å². The molecular weight excluding hydrogens is 348 g/mol. The third-order valence-corrected chi connectivity index (χ3v) is 5.58. The van der Waals surface area contributed by atoms with Crippen molar-refractivity contribution < 1.29 is 9.59 Å². The number of imidazole rings is 1. The SMILES string of the molecule is CCC(C)C(NC(=O)CSc1nccn1-c1cccc(C)c1C)C(N)=O. The third kappa shape index (κ3) is 4.66. The van der Waals surface area contributed by atoms with E-state index in [4.69, 9.17) is 5.73 Å². The number of amides is 2. The number of rotatable bonds is 8. The lowest BCUT2D eigenvalue weighted by atomic mass is 9.99. The molecule has 1 aromatic carbocycles. The smallest absolute Gasteiger partial charge is 0.240 e. The maximum absolute atomic E-state index is 12.3. The van der Waals surface area contributed by atoms with E-state index in [1.54, 1.807) is 6.20 Å². The molecule has 3 N–H and O–H groups in total. The molecule has 7 heteroatoms. The molecular formula is C19H26N4O2S. The van der Waals surface area contributed by atoms with Crippen molar-refractivity contribution in [1.82, 2.24) is 14.9 Å². The average molecular weight is 375 g/mol. The fourth-order valence-electron chi connectivity index (χ4n) is 2.65. The molecule has 0 radical (unpaired) electrons. The van der Waals surface area contributed by atoms with Crippen LogP contribution < -0.4 is 11.1 Å². The van der Waals surface area contributed by atoms with Crippen LogP contribution in [0.4, 0.5) is 0 Å². The van der Waals surface area contributed by atoms with Crippen molar-refractivity contribution in [1.29, 1.82) is 0 Å². The molecule has 0 saturated carbocycles. The molecule has 140 valence electrons. The minimum Gasteiger partial charge on any atom is -0.368 e. The van der Waals surface area contributed by atoms with Gasteiger partial charge < -0.3 is 11.1 Å². The molecule has 0 spiro atoms. The predicted octanol–water partition coefficient (Wildman–Crippen LogP) is 2.60. The number of nitrogens with two attached hydrogens (primary N) is 1. The van der Waals surface area contributed by atoms with Gasteiger partial charge in [0.2, 0.25) is 11.8 Å². The zero-order valence-electron chi connectivity index (χ0n) is 15.7. The van der Waals surface area contributed by atoms with Crippen LogP contribution in [0.15, 0.2) is 35.7 Å². The second-order valence-electron chi connectivity index (χ2n) is 6.42. The van der Waals surface area contributed by atoms with Crippen molar-refractivity contribution in [2.45, 2.75) is 45.3 Å². The van der Waals surface area contributed by atoms with Gasteiger partial charge in [0.1, 0.15) is 6.04 Å². The molecule has 6 nitrogen and oxygen atoms in total. The van der Waals surface area contributed by atoms with E-state index in [1.165, 1.54) is 22.9 Å². The summed E-state index contributed by atoms with van der Waals surface area (Å²) < 4.78 is 1.97. The lowest BCUT2D eigenvalue weighted by Crippen LogP contribution is -2.48. The van der Waals surface area contributed by atoms with Crippen LogP contribution in [0, 0.1) is 19.8 Å². The molecule has 1 heterocycles. The van der Waals surface area contributed by atoms with E-state index in [-0.39, 0.29) is 17.6 Å². The molecule has 2 unspecified atom stereocenters. The second-order valence-corrected chi connectivity index (χ2v) is 7.36. The summed E-state index contributed by atoms with van der Waals surface area (Å²) in [4.78, 5) is 28.2. The molecule has 26 heavy (non-hydrogen) atoms. The van der Waals surface area contributed by atoms with E-state index in [1.807, 2.05) is 36.7 Å². The molecule has 0 fully saturated rings. The summed E-state index contributed by atoms with van der Waals surface area (Å²) in [5.41, 5.74) is 8.81. The van der Waals surface area contributed by atoms with Gasteiger partial charge in [-0.3, -0.25) is 14.2 Å². The minimum absolute atomic E-state index is 0.00150. The lowest BCUT2D eigenvalue weighted by Gasteiger charge is -2.21. The fraction of sp³-hybridized carbons (Fsp3) is 0.421. The van der Waals surface area contributed by atoms with Crippen LogP contribution in [0.25, 0.3) is 5.69 Å². The Kier molecular flexibility index (Phi) is 6.85. The van der Waals surface area contributed by atoms with Gasteiger partial charge in [-0.2, -0.15) is 0 Å². The monoisotopic (exact) mass is 374 g/mol. The first-order valence-corrected chi connectivity index (χ1v) is 9.65. The van der Waals surface area contributed by atoms with Crippen molar-refractivity contribution in [3.8, 4) is 5.69 Å². The number of thioether (sulfide) groups is 1. The standard InChI is InChI=1S/C19H26N4O2S/c1-5-12(2)17(18(20)25)22-16(24)11-26-19-21-9-10-23(19)15-8-6-7-13(3)14(15)4/h6-10,12,17H,5,11H2,1-4H3,(H2,20,25)(H,22,24). The lowest BCUT2D eigenvalue weighted by molar-refractivity contribution is -0.127. The molecule has 0 aliphatic rings. The Morgan fingerprint density at radius 2 is 2.08 bits per heavy atom. The maximum atomic E-state index is 12.3. The number of nitrogens with zero attached hydrogens (tertiary/aromatic N) is 2. The molecule has 0 saturated heterocycles. The van der Waals surface area contributed by atoms with Gasteiger partial charge in [0.05, 0.1) is 11.4 Å². The summed E-state index contributed by atoms with van der Waals surface area (Å²) in [6, 6.07) is 5.45. The molecule has 2 atom stereocenters. The fourth-order valence-corrected chi connectivity index (χ4v) is 3.43. The first-order chi connectivity index (χ1) is 12.3. The normalized spacial score (nSPS) is 13.2. The van der Waals surface area contributed by atoms with Gasteiger partial charge in [0.25, 0.3) is 0 Å². The van der Waals surface area contributed by atoms with Gasteiger partial charge in [-0.1, -0.05) is 44.2 Å². The van der Waals surface area contributed by atoms with Crippen LogP contribution in [0.5, 0.6) is 0 Å². The quantitative estimate of drug-likeness (QED) is 0.695. The molecule has 0 bridgehead atoms. The van der Waals surface area contributed by atoms with E-state index < -0.39 is 11.9 Å². The predicted molar refractivity (Wildman–Crippen MR) is 104 cm³/mol. The van der Waals surface area contributed by atoms with E-state index >= 15 is 0 Å². The summed E-state index contributed by atoms with van der Waals surface area (Å²) in [7, 11) is 0. The second kappa shape index (κ2) is 8.89. The Labute approximate surface area is 158 Å². The van der Waals surface area contributed by atoms with E-state index in [9.17, 15) is 9.59 Å². The van der Waals surface area contributed by atoms with Crippen LogP contribution in [-0.4, -0.2) is 33.2 Å². The van der Waals surface area contributed by atoms with Gasteiger partial charge >= 0.3 is 0 Å². The molecule has 0 aliphatic carbocycles. The number of hydrogen-bond donors (Lipinski definition) is 2. The van der Waals surface area contributed by atoms with E-state index in [2.05, 4.69) is 30.2 Å². The first kappa shape index (κ1) is 20.0. The van der Waals surface area contributed by atoms with Crippen molar-refractivity contribution in [3.63, 3.8) is 0 Å². The summed E-state index contributed by atoms with van der Waals surface area (Å²) >= 11 is 1.33. The maximum Gasteiger partial charge on any atom is 0.240 e. The Morgan fingerprint density at radius 1 is 1.35 bits per heavy atom. The average Bonchev–Trinajstić information content (AvgIpc) is 3.07. The van der Waals surface area contributed by atoms with Crippen molar-refractivity contribution in [2.24, 2.45) is 11.7 Å². The molecule has 0 aliphatic heterocycles. The highest BCUT2D eigenvalue weighted by Crippen LogP contribution is 2.24. The Morgan fingerprint density at radius 3 is 2.73 bits per heavy atom. The van der Waals surface area contributed by atoms with Gasteiger partial charge in [-0.25, -0.2) is 4.98 Å². The van der Waals surface area contributed by atoms with Gasteiger partial charge in [0.15, 0.2) is 5.16 Å². The number of benzene rings is 1. The van der Waals surface area contributed by atoms with Gasteiger partial charge in [0, 0.05) is 12.4 Å². The number of hydrogen-bond acceptors (Lipinski definition) is 4. The van der Waals surface area contributed by atoms with Gasteiger partial charge in [-0.15, -0.1) is 0 Å². The van der Waals surface area contributed by atoms with Crippen LogP contribution >= 0.6 is 11.8 Å². The highest BCUT2D eigenvalue weighted by molar-refractivity contribution is 7.99. The zero-order valence-corrected chi connectivity index (χ0v) is 16.5. The minimum atomic E-state index is -0.646. The Balaban J connectivity index is 2.07. The number of carbonyl (C=O) groups excluding carboxylic acids is 2. The number of primary amides is 1. The summed E-state index contributed by atoms with van der Waals surface area (Å²) in [6.45, 7) is 7.99. The number of carbonyl (C=O) groups is 2. The summed E-state index contributed by atoms with van der Waals surface area (Å²) in [5.74, 6) is -0.565. The number of aromatic nitrogens is 2. The third-order valence-electron chi connectivity index (χ3n) is 4.61. The molecule has 2 aromatic rings. The Bertz CT molecular complexity index is 788. The number of nitrogens with one attached hydrogen (secondary N) is 1. The summed E-state index contributed by atoms with van der Waals surface area (Å²) in [6.07, 6.45) is 4.36. The zero-order chi connectivity index (χ0) is 19.3. The van der Waals surface area contributed by atoms with Crippen LogP contribution in [0.3, 0.4) is 0 Å². The van der Waals surface area contributed by atoms with Crippen molar-refractivity contribution in [3.05, 3.63) is 41.7 Å². The first-order valence-electron chi connectivity index (χ1n) is 8.66. The van der Waals surface area contributed by atoms with Crippen LogP contribution in [0.2, 0.25) is 0 Å². The Hall–Kier alpha value is -2.28. The van der Waals surface area contributed by atoms with Crippen LogP contribution in [0.1, 0.15) is 31.4 Å². The molecule has 2 rings (SSSR count). The summed E-state index contributed by atoms with van der Waals surface area (Å²) in [5, 5.41) is 3.47. The highest BCUT2D eigenvalue weighted by Gasteiger charge is 2.23. The van der Waals surface area contributed by atoms with E-state index in [0.717, 1.165) is 17.3 Å². The highest BCUT2D eigenvalue weighted by atomic mass is 32.2. The molecule has 1 aromatic heterocycles.